The molecule has 0 saturated heterocycles. The lowest BCUT2D eigenvalue weighted by atomic mass is 10.00. The molecule has 0 atom stereocenters. The van der Waals surface area contributed by atoms with Crippen LogP contribution < -0.4 is 10.6 Å². The van der Waals surface area contributed by atoms with Crippen molar-refractivity contribution in [2.75, 3.05) is 20.6 Å². The number of allylic oxidation sites excluding steroid dienone is 8. The molecule has 3 aromatic heterocycles. The van der Waals surface area contributed by atoms with Gasteiger partial charge in [0.25, 0.3) is 0 Å². The molecule has 0 amide bonds. The highest BCUT2D eigenvalue weighted by Gasteiger charge is 2.15. The van der Waals surface area contributed by atoms with E-state index in [2.05, 4.69) is 85.0 Å². The molecule has 3 heterocycles. The van der Waals surface area contributed by atoms with Gasteiger partial charge in [0.05, 0.1) is 28.8 Å². The molecule has 6 nitrogen and oxygen atoms in total. The van der Waals surface area contributed by atoms with Gasteiger partial charge >= 0.3 is 0 Å². The molecule has 39 heavy (non-hydrogen) atoms. The summed E-state index contributed by atoms with van der Waals surface area (Å²) in [5, 5.41) is 9.82. The Balaban J connectivity index is 2.04. The maximum atomic E-state index is 4.69. The van der Waals surface area contributed by atoms with E-state index in [0.717, 1.165) is 75.1 Å². The monoisotopic (exact) mass is 522 g/mol. The molecule has 204 valence electrons. The third kappa shape index (κ3) is 7.24. The van der Waals surface area contributed by atoms with E-state index >= 15 is 0 Å². The summed E-state index contributed by atoms with van der Waals surface area (Å²) in [4.78, 5) is 10.1. The van der Waals surface area contributed by atoms with Crippen LogP contribution in [0.1, 0.15) is 43.6 Å². The number of H-pyrrole nitrogens is 2. The zero-order valence-electron chi connectivity index (χ0n) is 24.3. The fourth-order valence-corrected chi connectivity index (χ4v) is 4.52. The number of nitrogens with one attached hydrogen (secondary N) is 2. The van der Waals surface area contributed by atoms with Crippen LogP contribution in [0, 0.1) is 13.8 Å². The third-order valence-corrected chi connectivity index (χ3v) is 6.61. The Labute approximate surface area is 232 Å². The maximum Gasteiger partial charge on any atom is 0.116 e. The molecule has 0 aliphatic carbocycles. The van der Waals surface area contributed by atoms with E-state index in [9.17, 15) is 0 Å². The third-order valence-electron chi connectivity index (χ3n) is 6.61. The number of rotatable bonds is 12. The minimum Gasteiger partial charge on any atom is -0.357 e. The van der Waals surface area contributed by atoms with Crippen molar-refractivity contribution >= 4 is 17.8 Å². The molecule has 3 rings (SSSR count). The second kappa shape index (κ2) is 13.6. The van der Waals surface area contributed by atoms with E-state index in [4.69, 9.17) is 5.10 Å². The molecule has 0 aliphatic heterocycles. The molecular weight excluding hydrogens is 480 g/mol. The van der Waals surface area contributed by atoms with Gasteiger partial charge in [0.1, 0.15) is 5.69 Å². The number of aromatic amines is 2. The first-order valence-corrected chi connectivity index (χ1v) is 13.3. The first kappa shape index (κ1) is 29.4. The lowest BCUT2D eigenvalue weighted by Crippen LogP contribution is -2.23. The van der Waals surface area contributed by atoms with Crippen LogP contribution in [0.2, 0.25) is 0 Å². The van der Waals surface area contributed by atoms with Gasteiger partial charge in [0, 0.05) is 22.7 Å². The number of aromatic nitrogens is 5. The highest BCUT2D eigenvalue weighted by Crippen LogP contribution is 2.26. The van der Waals surface area contributed by atoms with Crippen molar-refractivity contribution in [2.24, 2.45) is 0 Å². The zero-order valence-corrected chi connectivity index (χ0v) is 24.3. The number of nitrogens with zero attached hydrogens (tertiary/aromatic N) is 4. The van der Waals surface area contributed by atoms with E-state index < -0.39 is 0 Å². The minimum absolute atomic E-state index is 0.840. The molecule has 0 bridgehead atoms. The highest BCUT2D eigenvalue weighted by molar-refractivity contribution is 5.75. The number of aryl methyl sites for hydroxylation is 2. The van der Waals surface area contributed by atoms with Crippen molar-refractivity contribution in [2.45, 2.75) is 40.5 Å². The molecule has 0 fully saturated rings. The van der Waals surface area contributed by atoms with Crippen molar-refractivity contribution in [3.8, 4) is 11.4 Å². The van der Waals surface area contributed by atoms with Crippen LogP contribution in [0.25, 0.3) is 29.2 Å². The lowest BCUT2D eigenvalue weighted by Gasteiger charge is -2.10. The zero-order chi connectivity index (χ0) is 28.5. The topological polar surface area (TPSA) is 65.5 Å². The van der Waals surface area contributed by atoms with Crippen LogP contribution in [-0.4, -0.2) is 50.3 Å². The summed E-state index contributed by atoms with van der Waals surface area (Å²) in [5.41, 5.74) is 8.99. The van der Waals surface area contributed by atoms with Gasteiger partial charge in [0.2, 0.25) is 0 Å². The summed E-state index contributed by atoms with van der Waals surface area (Å²) < 4.78 is 2.02. The first-order chi connectivity index (χ1) is 18.7. The summed E-state index contributed by atoms with van der Waals surface area (Å²) in [5.74, 6) is 0. The van der Waals surface area contributed by atoms with Crippen molar-refractivity contribution in [3.63, 3.8) is 0 Å². The van der Waals surface area contributed by atoms with Gasteiger partial charge in [-0.05, 0) is 96.1 Å². The van der Waals surface area contributed by atoms with Gasteiger partial charge in [0.15, 0.2) is 0 Å². The van der Waals surface area contributed by atoms with Crippen molar-refractivity contribution in [1.29, 1.82) is 0 Å². The fourth-order valence-electron chi connectivity index (χ4n) is 4.52. The quantitative estimate of drug-likeness (QED) is 0.294. The Morgan fingerprint density at radius 2 is 1.95 bits per heavy atom. The van der Waals surface area contributed by atoms with E-state index in [1.807, 2.05) is 56.1 Å². The Hall–Kier alpha value is -4.16. The van der Waals surface area contributed by atoms with Crippen LogP contribution in [0.15, 0.2) is 85.4 Å². The van der Waals surface area contributed by atoms with Gasteiger partial charge in [-0.25, -0.2) is 4.98 Å². The molecule has 0 unspecified atom stereocenters. The Bertz CT molecular complexity index is 1540. The Kier molecular flexibility index (Phi) is 10.2. The van der Waals surface area contributed by atoms with Crippen LogP contribution in [0.3, 0.4) is 0 Å². The largest absolute Gasteiger partial charge is 0.357 e. The fraction of sp³-hybridized carbons (Fsp3) is 0.273. The van der Waals surface area contributed by atoms with E-state index in [0.29, 0.717) is 0 Å². The minimum atomic E-state index is 0.840. The standard InChI is InChI=1S/C33H42N6/c1-10-15-32(39-21-24(6)34-22-39)28-20-31(35-25(28)7)33-29(30(13-4)36-37-33)18-23(5)27(12-3)19-26(11-2)16-14-17-38(8)9/h10-13,15,18-22,35-36H,1-2,5,14,16-17H2,3-4,6-9H3/b26-19+,27-12+,29-18+,30-13+,32-15+. The average Bonchev–Trinajstić information content (AvgIpc) is 3.62. The predicted octanol–water partition coefficient (Wildman–Crippen LogP) is 5.83. The molecule has 2 N–H and O–H groups in total. The highest BCUT2D eigenvalue weighted by atomic mass is 15.1. The van der Waals surface area contributed by atoms with Gasteiger partial charge in [-0.3, -0.25) is 5.10 Å². The molecule has 0 aromatic carbocycles. The molecule has 0 spiro atoms. The molecule has 3 aromatic rings. The summed E-state index contributed by atoms with van der Waals surface area (Å²) >= 11 is 0. The van der Waals surface area contributed by atoms with E-state index in [1.165, 1.54) is 5.57 Å². The van der Waals surface area contributed by atoms with Crippen LogP contribution in [-0.2, 0) is 0 Å². The molecule has 0 radical (unpaired) electrons. The Morgan fingerprint density at radius 3 is 2.54 bits per heavy atom. The van der Waals surface area contributed by atoms with Crippen molar-refractivity contribution in [1.82, 2.24) is 29.6 Å². The van der Waals surface area contributed by atoms with Gasteiger partial charge in [-0.2, -0.15) is 5.10 Å². The average molecular weight is 523 g/mol. The smallest absolute Gasteiger partial charge is 0.116 e. The Morgan fingerprint density at radius 1 is 1.18 bits per heavy atom. The molecule has 0 saturated carbocycles. The van der Waals surface area contributed by atoms with E-state index in [-0.39, 0.29) is 0 Å². The summed E-state index contributed by atoms with van der Waals surface area (Å²) in [6.07, 6.45) is 20.0. The van der Waals surface area contributed by atoms with Crippen LogP contribution in [0.5, 0.6) is 0 Å². The van der Waals surface area contributed by atoms with Crippen LogP contribution >= 0.6 is 0 Å². The van der Waals surface area contributed by atoms with Gasteiger partial charge in [-0.15, -0.1) is 0 Å². The molecule has 6 heteroatoms. The SMILES string of the molecule is C=C/C=C(\c1cc(-c2n[nH]c(=C/C)/c2=C\C(=C)C(/C=C(\C=C)CCCN(C)C)=C/C)[nH]c1C)n1cnc(C)c1. The van der Waals surface area contributed by atoms with Crippen molar-refractivity contribution in [3.05, 3.63) is 113 Å². The lowest BCUT2D eigenvalue weighted by molar-refractivity contribution is 0.400. The molecular formula is C33H42N6. The first-order valence-electron chi connectivity index (χ1n) is 13.3. The molecule has 0 aliphatic rings. The van der Waals surface area contributed by atoms with E-state index in [1.54, 1.807) is 6.08 Å². The summed E-state index contributed by atoms with van der Waals surface area (Å²) in [6, 6.07) is 2.13. The second-order valence-electron chi connectivity index (χ2n) is 9.86. The second-order valence-corrected chi connectivity index (χ2v) is 9.86. The van der Waals surface area contributed by atoms with Crippen LogP contribution in [0.4, 0.5) is 0 Å². The number of hydrogen-bond acceptors (Lipinski definition) is 3. The predicted molar refractivity (Wildman–Crippen MR) is 166 cm³/mol. The van der Waals surface area contributed by atoms with Gasteiger partial charge < -0.3 is 14.5 Å². The number of imidazole rings is 1. The summed E-state index contributed by atoms with van der Waals surface area (Å²) in [6.45, 7) is 21.5. The summed E-state index contributed by atoms with van der Waals surface area (Å²) in [7, 11) is 4.19. The van der Waals surface area contributed by atoms with Gasteiger partial charge in [-0.1, -0.05) is 50.1 Å². The van der Waals surface area contributed by atoms with Crippen molar-refractivity contribution < 1.29 is 0 Å². The number of hydrogen-bond donors (Lipinski definition) is 2. The maximum absolute atomic E-state index is 4.69. The normalized spacial score (nSPS) is 14.0.